The van der Waals surface area contributed by atoms with E-state index in [0.717, 1.165) is 38.9 Å². The first-order valence-corrected chi connectivity index (χ1v) is 8.74. The molecule has 0 aliphatic carbocycles. The van der Waals surface area contributed by atoms with E-state index in [4.69, 9.17) is 14.6 Å². The van der Waals surface area contributed by atoms with Gasteiger partial charge >= 0.3 is 5.97 Å². The van der Waals surface area contributed by atoms with Crippen LogP contribution < -0.4 is 0 Å². The molecule has 1 heterocycles. The number of rotatable bonds is 11. The molecule has 0 aromatic carbocycles. The fourth-order valence-corrected chi connectivity index (χ4v) is 2.57. The molecule has 0 amide bonds. The third-order valence-electron chi connectivity index (χ3n) is 3.83. The van der Waals surface area contributed by atoms with Crippen molar-refractivity contribution in [3.63, 3.8) is 0 Å². The minimum atomic E-state index is -1.03. The van der Waals surface area contributed by atoms with Crippen molar-refractivity contribution < 1.29 is 19.4 Å². The molecule has 1 unspecified atom stereocenters. The van der Waals surface area contributed by atoms with Gasteiger partial charge in [0.1, 0.15) is 0 Å². The number of hydrogen-bond acceptors (Lipinski definition) is 3. The second-order valence-electron chi connectivity index (χ2n) is 5.85. The van der Waals surface area contributed by atoms with Crippen molar-refractivity contribution >= 4 is 5.97 Å². The van der Waals surface area contributed by atoms with Crippen LogP contribution in [0.5, 0.6) is 0 Å². The molecule has 22 heavy (non-hydrogen) atoms. The number of ether oxygens (including phenoxy) is 2. The van der Waals surface area contributed by atoms with Crippen LogP contribution >= 0.6 is 0 Å². The Morgan fingerprint density at radius 3 is 2.36 bits per heavy atom. The van der Waals surface area contributed by atoms with Gasteiger partial charge in [0.2, 0.25) is 0 Å². The molecule has 1 rings (SSSR count). The molecule has 1 saturated heterocycles. The molecule has 1 aliphatic heterocycles. The van der Waals surface area contributed by atoms with Gasteiger partial charge in [0.15, 0.2) is 6.29 Å². The zero-order chi connectivity index (χ0) is 15.9. The lowest BCUT2D eigenvalue weighted by Gasteiger charge is -2.22. The Bertz CT molecular complexity index is 337. The van der Waals surface area contributed by atoms with E-state index in [1.807, 2.05) is 0 Å². The Kier molecular flexibility index (Phi) is 11.7. The molecule has 0 saturated carbocycles. The minimum Gasteiger partial charge on any atom is -0.472 e. The van der Waals surface area contributed by atoms with Crippen LogP contribution in [0.25, 0.3) is 0 Å². The lowest BCUT2D eigenvalue weighted by molar-refractivity contribution is -0.162. The predicted molar refractivity (Wildman–Crippen MR) is 86.5 cm³/mol. The summed E-state index contributed by atoms with van der Waals surface area (Å²) in [5.74, 6) is 3.78. The molecule has 0 radical (unpaired) electrons. The normalized spacial score (nSPS) is 17.7. The fourth-order valence-electron chi connectivity index (χ4n) is 2.57. The van der Waals surface area contributed by atoms with Gasteiger partial charge in [-0.1, -0.05) is 44.4 Å². The summed E-state index contributed by atoms with van der Waals surface area (Å²) < 4.78 is 11.2. The van der Waals surface area contributed by atoms with Crippen molar-refractivity contribution in [2.75, 3.05) is 13.2 Å². The molecule has 126 valence electrons. The van der Waals surface area contributed by atoms with Crippen LogP contribution in [0.2, 0.25) is 0 Å². The maximum Gasteiger partial charge on any atom is 0.381 e. The van der Waals surface area contributed by atoms with Crippen molar-refractivity contribution in [3.05, 3.63) is 0 Å². The predicted octanol–water partition coefficient (Wildman–Crippen LogP) is 4.13. The van der Waals surface area contributed by atoms with E-state index in [1.54, 1.807) is 0 Å². The number of unbranched alkanes of at least 4 members (excludes halogenated alkanes) is 8. The van der Waals surface area contributed by atoms with E-state index in [0.29, 0.717) is 6.42 Å². The molecule has 0 spiro atoms. The van der Waals surface area contributed by atoms with Crippen LogP contribution in [-0.2, 0) is 14.3 Å². The molecule has 1 aliphatic rings. The summed E-state index contributed by atoms with van der Waals surface area (Å²) in [7, 11) is 0. The average Bonchev–Trinajstić information content (AvgIpc) is 2.52. The molecule has 4 heteroatoms. The third kappa shape index (κ3) is 11.6. The van der Waals surface area contributed by atoms with Gasteiger partial charge in [-0.2, -0.15) is 0 Å². The summed E-state index contributed by atoms with van der Waals surface area (Å²) in [5, 5.41) is 8.36. The average molecular weight is 310 g/mol. The van der Waals surface area contributed by atoms with Crippen LogP contribution in [0.1, 0.15) is 77.0 Å². The smallest absolute Gasteiger partial charge is 0.381 e. The molecule has 1 N–H and O–H groups in total. The summed E-state index contributed by atoms with van der Waals surface area (Å²) >= 11 is 0. The van der Waals surface area contributed by atoms with Crippen LogP contribution in [0.15, 0.2) is 0 Å². The summed E-state index contributed by atoms with van der Waals surface area (Å²) in [6, 6.07) is 0. The number of carboxylic acids is 1. The molecule has 4 nitrogen and oxygen atoms in total. The summed E-state index contributed by atoms with van der Waals surface area (Å²) in [4.78, 5) is 10.2. The topological polar surface area (TPSA) is 55.8 Å². The fraction of sp³-hybridized carbons (Fsp3) is 0.833. The zero-order valence-corrected chi connectivity index (χ0v) is 13.6. The van der Waals surface area contributed by atoms with Crippen LogP contribution in [0, 0.1) is 11.8 Å². The number of carboxylic acid groups (broad SMARTS) is 1. The van der Waals surface area contributed by atoms with Gasteiger partial charge in [-0.25, -0.2) is 4.79 Å². The quantitative estimate of drug-likeness (QED) is 0.460. The highest BCUT2D eigenvalue weighted by Crippen LogP contribution is 2.14. The second kappa shape index (κ2) is 13.6. The molecular weight excluding hydrogens is 280 g/mol. The van der Waals surface area contributed by atoms with Gasteiger partial charge in [0.25, 0.3) is 0 Å². The van der Waals surface area contributed by atoms with E-state index < -0.39 is 5.97 Å². The summed E-state index contributed by atoms with van der Waals surface area (Å²) in [6.07, 6.45) is 13.8. The third-order valence-corrected chi connectivity index (χ3v) is 3.83. The Morgan fingerprint density at radius 1 is 1.05 bits per heavy atom. The molecule has 1 atom stereocenters. The van der Waals surface area contributed by atoms with E-state index in [-0.39, 0.29) is 6.29 Å². The molecule has 0 aromatic heterocycles. The van der Waals surface area contributed by atoms with Crippen LogP contribution in [0.3, 0.4) is 0 Å². The highest BCUT2D eigenvalue weighted by atomic mass is 16.7. The maximum atomic E-state index is 10.2. The van der Waals surface area contributed by atoms with E-state index in [9.17, 15) is 4.79 Å². The standard InChI is InChI=1S/C18H30O4/c19-17(20)13-9-7-5-3-1-2-4-6-8-11-15-21-18-14-10-12-16-22-18/h18H,1-8,10-12,14-16H2,(H,19,20). The monoisotopic (exact) mass is 310 g/mol. The highest BCUT2D eigenvalue weighted by Gasteiger charge is 2.13. The van der Waals surface area contributed by atoms with E-state index >= 15 is 0 Å². The van der Waals surface area contributed by atoms with Crippen molar-refractivity contribution in [2.24, 2.45) is 0 Å². The lowest BCUT2D eigenvalue weighted by atomic mass is 10.1. The number of carbonyl (C=O) groups is 1. The summed E-state index contributed by atoms with van der Waals surface area (Å²) in [6.45, 7) is 1.68. The SMILES string of the molecule is O=C(O)C#CCCCCCCCCCCOC1CCCCO1. The van der Waals surface area contributed by atoms with Crippen molar-refractivity contribution in [1.29, 1.82) is 0 Å². The van der Waals surface area contributed by atoms with Gasteiger partial charge < -0.3 is 14.6 Å². The van der Waals surface area contributed by atoms with Crippen molar-refractivity contribution in [3.8, 4) is 11.8 Å². The summed E-state index contributed by atoms with van der Waals surface area (Å²) in [5.41, 5.74) is 0. The first-order valence-electron chi connectivity index (χ1n) is 8.74. The van der Waals surface area contributed by atoms with Crippen LogP contribution in [0.4, 0.5) is 0 Å². The number of hydrogen-bond donors (Lipinski definition) is 1. The minimum absolute atomic E-state index is 0.0537. The Balaban J connectivity index is 1.74. The lowest BCUT2D eigenvalue weighted by Crippen LogP contribution is -2.22. The Hall–Kier alpha value is -1.05. The van der Waals surface area contributed by atoms with Gasteiger partial charge in [-0.15, -0.1) is 0 Å². The largest absolute Gasteiger partial charge is 0.472 e. The van der Waals surface area contributed by atoms with Crippen molar-refractivity contribution in [1.82, 2.24) is 0 Å². The van der Waals surface area contributed by atoms with Gasteiger partial charge in [-0.3, -0.25) is 0 Å². The second-order valence-corrected chi connectivity index (χ2v) is 5.85. The molecule has 1 fully saturated rings. The van der Waals surface area contributed by atoms with Crippen LogP contribution in [-0.4, -0.2) is 30.6 Å². The van der Waals surface area contributed by atoms with Crippen molar-refractivity contribution in [2.45, 2.75) is 83.3 Å². The first-order chi connectivity index (χ1) is 10.8. The number of aliphatic carboxylic acids is 1. The van der Waals surface area contributed by atoms with E-state index in [1.165, 1.54) is 44.9 Å². The molecule has 0 aromatic rings. The Morgan fingerprint density at radius 2 is 1.73 bits per heavy atom. The zero-order valence-electron chi connectivity index (χ0n) is 13.6. The highest BCUT2D eigenvalue weighted by molar-refractivity contribution is 5.86. The Labute approximate surface area is 134 Å². The molecular formula is C18H30O4. The van der Waals surface area contributed by atoms with Gasteiger partial charge in [0.05, 0.1) is 0 Å². The van der Waals surface area contributed by atoms with E-state index in [2.05, 4.69) is 11.8 Å². The van der Waals surface area contributed by atoms with Gasteiger partial charge in [0, 0.05) is 25.6 Å². The van der Waals surface area contributed by atoms with Gasteiger partial charge in [-0.05, 0) is 32.1 Å². The maximum absolute atomic E-state index is 10.2. The first kappa shape index (κ1) is 19.0. The molecule has 0 bridgehead atoms.